The van der Waals surface area contributed by atoms with Gasteiger partial charge in [0.05, 0.1) is 31.2 Å². The molecule has 0 unspecified atom stereocenters. The van der Waals surface area contributed by atoms with E-state index >= 15 is 0 Å². The molecule has 0 spiro atoms. The summed E-state index contributed by atoms with van der Waals surface area (Å²) in [6, 6.07) is 36.5. The van der Waals surface area contributed by atoms with E-state index in [1.54, 1.807) is 0 Å². The molecular weight excluding hydrogens is 536 g/mol. The Hall–Kier alpha value is -3.05. The molecule has 4 heteroatoms. The third-order valence-corrected chi connectivity index (χ3v) is 10.3. The number of aryl methyl sites for hydroxylation is 1. The Labute approximate surface area is 256 Å². The van der Waals surface area contributed by atoms with Gasteiger partial charge in [0, 0.05) is 5.25 Å². The molecule has 1 aliphatic heterocycles. The number of ether oxygens (including phenoxy) is 3. The average molecular weight is 581 g/mol. The number of hydrogen-bond donors (Lipinski definition) is 0. The second kappa shape index (κ2) is 14.9. The van der Waals surface area contributed by atoms with Crippen molar-refractivity contribution < 1.29 is 14.2 Å². The summed E-state index contributed by atoms with van der Waals surface area (Å²) >= 11 is 2.07. The maximum atomic E-state index is 6.87. The summed E-state index contributed by atoms with van der Waals surface area (Å²) in [4.78, 5) is 0. The van der Waals surface area contributed by atoms with Crippen molar-refractivity contribution in [3.8, 4) is 5.75 Å². The van der Waals surface area contributed by atoms with Crippen LogP contribution >= 0.6 is 11.8 Å². The predicted octanol–water partition coefficient (Wildman–Crippen LogP) is 9.36. The molecule has 3 nitrogen and oxygen atoms in total. The topological polar surface area (TPSA) is 27.7 Å². The van der Waals surface area contributed by atoms with Gasteiger partial charge in [-0.2, -0.15) is 0 Å². The van der Waals surface area contributed by atoms with E-state index in [0.717, 1.165) is 18.6 Å². The largest absolute Gasteiger partial charge is 0.494 e. The number of thioether (sulfide) groups is 1. The molecule has 220 valence electrons. The van der Waals surface area contributed by atoms with Gasteiger partial charge >= 0.3 is 0 Å². The zero-order chi connectivity index (χ0) is 29.3. The van der Waals surface area contributed by atoms with Gasteiger partial charge in [-0.15, -0.1) is 11.8 Å². The fourth-order valence-corrected chi connectivity index (χ4v) is 7.58. The van der Waals surface area contributed by atoms with Gasteiger partial charge in [0.25, 0.3) is 0 Å². The summed E-state index contributed by atoms with van der Waals surface area (Å²) in [5.41, 5.74) is 7.66. The molecule has 1 saturated heterocycles. The van der Waals surface area contributed by atoms with Crippen molar-refractivity contribution in [2.75, 3.05) is 6.61 Å². The molecule has 0 N–H and O–H groups in total. The van der Waals surface area contributed by atoms with E-state index in [0.29, 0.717) is 31.0 Å². The zero-order valence-electron chi connectivity index (χ0n) is 25.4. The van der Waals surface area contributed by atoms with Crippen LogP contribution in [0.25, 0.3) is 0 Å². The van der Waals surface area contributed by atoms with Gasteiger partial charge in [0.1, 0.15) is 11.9 Å². The molecule has 5 rings (SSSR count). The first-order chi connectivity index (χ1) is 20.6. The molecule has 42 heavy (non-hydrogen) atoms. The fourth-order valence-electron chi connectivity index (χ4n) is 5.92. The van der Waals surface area contributed by atoms with Gasteiger partial charge in [0.15, 0.2) is 0 Å². The predicted molar refractivity (Wildman–Crippen MR) is 175 cm³/mol. The van der Waals surface area contributed by atoms with Gasteiger partial charge in [-0.3, -0.25) is 0 Å². The number of hydrogen-bond acceptors (Lipinski definition) is 4. The molecule has 4 aromatic carbocycles. The second-order valence-electron chi connectivity index (χ2n) is 11.3. The van der Waals surface area contributed by atoms with Crippen LogP contribution in [0.4, 0.5) is 0 Å². The van der Waals surface area contributed by atoms with Crippen LogP contribution in [-0.2, 0) is 29.1 Å². The number of rotatable bonds is 12. The molecule has 0 saturated carbocycles. The van der Waals surface area contributed by atoms with Crippen LogP contribution in [0.5, 0.6) is 5.75 Å². The highest BCUT2D eigenvalue weighted by Gasteiger charge is 2.45. The van der Waals surface area contributed by atoms with E-state index in [2.05, 4.69) is 136 Å². The Balaban J connectivity index is 1.44. The maximum absolute atomic E-state index is 6.87. The van der Waals surface area contributed by atoms with Crippen molar-refractivity contribution in [2.45, 2.75) is 76.5 Å². The minimum Gasteiger partial charge on any atom is -0.494 e. The highest BCUT2D eigenvalue weighted by Crippen LogP contribution is 2.49. The summed E-state index contributed by atoms with van der Waals surface area (Å²) in [6.45, 7) is 10.7. The Morgan fingerprint density at radius 2 is 1.31 bits per heavy atom. The molecule has 0 bridgehead atoms. The molecule has 1 aliphatic rings. The highest BCUT2D eigenvalue weighted by molar-refractivity contribution is 8.00. The van der Waals surface area contributed by atoms with Crippen molar-refractivity contribution in [3.63, 3.8) is 0 Å². The first-order valence-electron chi connectivity index (χ1n) is 15.3. The van der Waals surface area contributed by atoms with Gasteiger partial charge in [-0.05, 0) is 78.1 Å². The quantitative estimate of drug-likeness (QED) is 0.167. The third-order valence-electron chi connectivity index (χ3n) is 8.35. The second-order valence-corrected chi connectivity index (χ2v) is 12.7. The molecule has 0 aliphatic carbocycles. The summed E-state index contributed by atoms with van der Waals surface area (Å²) in [5, 5.41) is 0.665. The molecule has 1 heterocycles. The summed E-state index contributed by atoms with van der Waals surface area (Å²) in [7, 11) is 0. The molecule has 5 atom stereocenters. The van der Waals surface area contributed by atoms with Gasteiger partial charge in [-0.1, -0.05) is 105 Å². The van der Waals surface area contributed by atoms with Crippen molar-refractivity contribution in [3.05, 3.63) is 137 Å². The summed E-state index contributed by atoms with van der Waals surface area (Å²) in [5.74, 6) is 1.29. The van der Waals surface area contributed by atoms with E-state index in [1.807, 2.05) is 6.92 Å². The van der Waals surface area contributed by atoms with Crippen LogP contribution in [0.1, 0.15) is 65.8 Å². The maximum Gasteiger partial charge on any atom is 0.119 e. The van der Waals surface area contributed by atoms with E-state index < -0.39 is 0 Å². The van der Waals surface area contributed by atoms with Crippen LogP contribution in [0, 0.1) is 12.8 Å². The standard InChI is InChI=1S/C38H44O3S/c1-5-35-28(4)36(40-25-30-13-9-7-10-14-30)37(41-26-31-15-11-8-12-16-31)38(42-35)32-20-17-27(3)33(24-32)23-29-18-21-34(22-19-29)39-6-2/h7-22,24,28,35-38H,5-6,23,25-26H2,1-4H3/t28-,35-,36+,37-,38+/m1/s1. The zero-order valence-corrected chi connectivity index (χ0v) is 26.2. The average Bonchev–Trinajstić information content (AvgIpc) is 3.02. The Morgan fingerprint density at radius 1 is 0.690 bits per heavy atom. The van der Waals surface area contributed by atoms with Crippen molar-refractivity contribution in [1.82, 2.24) is 0 Å². The van der Waals surface area contributed by atoms with E-state index in [-0.39, 0.29) is 17.5 Å². The Bertz CT molecular complexity index is 1370. The SMILES string of the molecule is CCOc1ccc(Cc2cc([C@@H]3S[C@H](CC)[C@@H](C)[C@H](OCc4ccccc4)[C@H]3OCc3ccccc3)ccc2C)cc1. The van der Waals surface area contributed by atoms with Crippen molar-refractivity contribution >= 4 is 11.8 Å². The lowest BCUT2D eigenvalue weighted by atomic mass is 9.88. The Kier molecular flexibility index (Phi) is 10.8. The first-order valence-corrected chi connectivity index (χ1v) is 16.3. The Morgan fingerprint density at radius 3 is 1.90 bits per heavy atom. The van der Waals surface area contributed by atoms with Crippen LogP contribution < -0.4 is 4.74 Å². The molecule has 0 radical (unpaired) electrons. The smallest absolute Gasteiger partial charge is 0.119 e. The monoisotopic (exact) mass is 580 g/mol. The highest BCUT2D eigenvalue weighted by atomic mass is 32.2. The molecule has 4 aromatic rings. The van der Waals surface area contributed by atoms with Gasteiger partial charge < -0.3 is 14.2 Å². The molecule has 0 amide bonds. The third kappa shape index (κ3) is 7.66. The van der Waals surface area contributed by atoms with E-state index in [4.69, 9.17) is 14.2 Å². The molecule has 0 aromatic heterocycles. The van der Waals surface area contributed by atoms with Crippen LogP contribution in [-0.4, -0.2) is 24.1 Å². The fraction of sp³-hybridized carbons (Fsp3) is 0.368. The molecular formula is C38H44O3S. The van der Waals surface area contributed by atoms with Gasteiger partial charge in [0.2, 0.25) is 0 Å². The van der Waals surface area contributed by atoms with Crippen LogP contribution in [0.15, 0.2) is 103 Å². The normalized spacial score (nSPS) is 22.1. The summed E-state index contributed by atoms with van der Waals surface area (Å²) < 4.78 is 19.3. The summed E-state index contributed by atoms with van der Waals surface area (Å²) in [6.07, 6.45) is 1.91. The minimum atomic E-state index is -0.0715. The van der Waals surface area contributed by atoms with Crippen molar-refractivity contribution in [2.24, 2.45) is 5.92 Å². The van der Waals surface area contributed by atoms with Crippen molar-refractivity contribution in [1.29, 1.82) is 0 Å². The lowest BCUT2D eigenvalue weighted by molar-refractivity contribution is -0.112. The lowest BCUT2D eigenvalue weighted by Crippen LogP contribution is -2.48. The van der Waals surface area contributed by atoms with Crippen LogP contribution in [0.2, 0.25) is 0 Å². The lowest BCUT2D eigenvalue weighted by Gasteiger charge is -2.45. The first kappa shape index (κ1) is 30.4. The van der Waals surface area contributed by atoms with Crippen LogP contribution in [0.3, 0.4) is 0 Å². The van der Waals surface area contributed by atoms with E-state index in [9.17, 15) is 0 Å². The molecule has 1 fully saturated rings. The number of benzene rings is 4. The minimum absolute atomic E-state index is 0.0130. The van der Waals surface area contributed by atoms with Gasteiger partial charge in [-0.25, -0.2) is 0 Å². The van der Waals surface area contributed by atoms with E-state index in [1.165, 1.54) is 33.4 Å².